The molecule has 4 nitrogen and oxygen atoms in total. The second-order valence-corrected chi connectivity index (χ2v) is 3.86. The van der Waals surface area contributed by atoms with Gasteiger partial charge in [-0.15, -0.1) is 0 Å². The van der Waals surface area contributed by atoms with Crippen LogP contribution in [0.5, 0.6) is 0 Å². The van der Waals surface area contributed by atoms with Gasteiger partial charge in [-0.05, 0) is 17.3 Å². The maximum absolute atomic E-state index is 11.4. The van der Waals surface area contributed by atoms with Gasteiger partial charge in [0, 0.05) is 18.9 Å². The number of nitrogens with one attached hydrogen (secondary N) is 1. The highest BCUT2D eigenvalue weighted by Crippen LogP contribution is 1.95. The molecular formula is C9H12IN3O. The number of carbonyl (C=O) groups is 1. The van der Waals surface area contributed by atoms with Crippen molar-refractivity contribution >= 4 is 28.5 Å². The Bertz CT molecular complexity index is 279. The Balaban J connectivity index is 2.29. The van der Waals surface area contributed by atoms with Crippen molar-refractivity contribution in [2.45, 2.75) is 12.8 Å². The third kappa shape index (κ3) is 3.99. The third-order valence-electron chi connectivity index (χ3n) is 1.67. The average Bonchev–Trinajstić information content (AvgIpc) is 2.25. The smallest absolute Gasteiger partial charge is 0.254 e. The molecule has 0 aliphatic rings. The minimum atomic E-state index is -0.0981. The number of rotatable bonds is 5. The molecule has 1 amide bonds. The number of hydrogen-bond acceptors (Lipinski definition) is 3. The molecule has 14 heavy (non-hydrogen) atoms. The van der Waals surface area contributed by atoms with Crippen LogP contribution in [0.2, 0.25) is 0 Å². The summed E-state index contributed by atoms with van der Waals surface area (Å²) in [5, 5.41) is 2.81. The SMILES string of the molecule is O=C(NCCCCI)c1cncnc1. The van der Waals surface area contributed by atoms with Crippen LogP contribution in [0.25, 0.3) is 0 Å². The third-order valence-corrected chi connectivity index (χ3v) is 2.43. The van der Waals surface area contributed by atoms with Crippen molar-refractivity contribution in [3.05, 3.63) is 24.3 Å². The van der Waals surface area contributed by atoms with Crippen LogP contribution in [0, 0.1) is 0 Å². The number of carbonyl (C=O) groups excluding carboxylic acids is 1. The summed E-state index contributed by atoms with van der Waals surface area (Å²) >= 11 is 2.32. The molecule has 0 atom stereocenters. The molecule has 1 rings (SSSR count). The van der Waals surface area contributed by atoms with Gasteiger partial charge >= 0.3 is 0 Å². The monoisotopic (exact) mass is 305 g/mol. The lowest BCUT2D eigenvalue weighted by Crippen LogP contribution is -2.24. The fourth-order valence-electron chi connectivity index (χ4n) is 0.940. The first-order valence-electron chi connectivity index (χ1n) is 4.44. The minimum absolute atomic E-state index is 0.0981. The van der Waals surface area contributed by atoms with E-state index in [9.17, 15) is 4.79 Å². The molecule has 0 radical (unpaired) electrons. The fraction of sp³-hybridized carbons (Fsp3) is 0.444. The molecule has 1 N–H and O–H groups in total. The summed E-state index contributed by atoms with van der Waals surface area (Å²) in [5.41, 5.74) is 0.516. The maximum atomic E-state index is 11.4. The standard InChI is InChI=1S/C9H12IN3O/c10-3-1-2-4-13-9(14)8-5-11-7-12-6-8/h5-7H,1-4H2,(H,13,14). The van der Waals surface area contributed by atoms with Crippen LogP contribution in [0.4, 0.5) is 0 Å². The number of aromatic nitrogens is 2. The lowest BCUT2D eigenvalue weighted by Gasteiger charge is -2.02. The Morgan fingerprint density at radius 3 is 2.71 bits per heavy atom. The zero-order chi connectivity index (χ0) is 10.2. The van der Waals surface area contributed by atoms with Gasteiger partial charge in [0.1, 0.15) is 6.33 Å². The largest absolute Gasteiger partial charge is 0.352 e. The molecule has 0 fully saturated rings. The summed E-state index contributed by atoms with van der Waals surface area (Å²) in [7, 11) is 0. The molecule has 0 aromatic carbocycles. The number of alkyl halides is 1. The van der Waals surface area contributed by atoms with Gasteiger partial charge in [-0.2, -0.15) is 0 Å². The minimum Gasteiger partial charge on any atom is -0.352 e. The molecule has 0 saturated carbocycles. The van der Waals surface area contributed by atoms with Crippen LogP contribution >= 0.6 is 22.6 Å². The summed E-state index contributed by atoms with van der Waals surface area (Å²) in [6.45, 7) is 0.719. The van der Waals surface area contributed by atoms with Crippen molar-refractivity contribution in [1.82, 2.24) is 15.3 Å². The highest BCUT2D eigenvalue weighted by molar-refractivity contribution is 14.1. The van der Waals surface area contributed by atoms with Crippen molar-refractivity contribution in [3.63, 3.8) is 0 Å². The quantitative estimate of drug-likeness (QED) is 0.508. The normalized spacial score (nSPS) is 9.79. The van der Waals surface area contributed by atoms with Gasteiger partial charge in [-0.3, -0.25) is 4.79 Å². The first kappa shape index (κ1) is 11.4. The summed E-state index contributed by atoms with van der Waals surface area (Å²) in [6, 6.07) is 0. The first-order chi connectivity index (χ1) is 6.84. The Morgan fingerprint density at radius 1 is 1.36 bits per heavy atom. The molecule has 0 aliphatic heterocycles. The summed E-state index contributed by atoms with van der Waals surface area (Å²) in [4.78, 5) is 19.0. The number of amides is 1. The molecule has 1 aromatic rings. The van der Waals surface area contributed by atoms with Crippen molar-refractivity contribution in [2.24, 2.45) is 0 Å². The Labute approximate surface area is 96.7 Å². The van der Waals surface area contributed by atoms with E-state index in [1.165, 1.54) is 18.7 Å². The Hall–Kier alpha value is -0.720. The lowest BCUT2D eigenvalue weighted by atomic mass is 10.3. The molecule has 0 aliphatic carbocycles. The first-order valence-corrected chi connectivity index (χ1v) is 5.96. The molecule has 1 aromatic heterocycles. The van der Waals surface area contributed by atoms with Crippen molar-refractivity contribution in [3.8, 4) is 0 Å². The van der Waals surface area contributed by atoms with E-state index in [2.05, 4.69) is 37.9 Å². The molecule has 0 saturated heterocycles. The molecule has 0 spiro atoms. The van der Waals surface area contributed by atoms with Gasteiger partial charge in [0.25, 0.3) is 5.91 Å². The Morgan fingerprint density at radius 2 is 2.07 bits per heavy atom. The van der Waals surface area contributed by atoms with E-state index in [1.54, 1.807) is 0 Å². The van der Waals surface area contributed by atoms with Gasteiger partial charge in [0.05, 0.1) is 5.56 Å². The topological polar surface area (TPSA) is 54.9 Å². The number of halogens is 1. The van der Waals surface area contributed by atoms with Crippen LogP contribution in [-0.2, 0) is 0 Å². The van der Waals surface area contributed by atoms with E-state index in [-0.39, 0.29) is 5.91 Å². The van der Waals surface area contributed by atoms with Crippen LogP contribution in [0.3, 0.4) is 0 Å². The second-order valence-electron chi connectivity index (χ2n) is 2.78. The van der Waals surface area contributed by atoms with E-state index in [1.807, 2.05) is 0 Å². The van der Waals surface area contributed by atoms with Gasteiger partial charge in [0.2, 0.25) is 0 Å². The Kier molecular flexibility index (Phi) is 5.43. The van der Waals surface area contributed by atoms with E-state index >= 15 is 0 Å². The predicted molar refractivity (Wildman–Crippen MR) is 62.5 cm³/mol. The molecular weight excluding hydrogens is 293 g/mol. The highest BCUT2D eigenvalue weighted by atomic mass is 127. The lowest BCUT2D eigenvalue weighted by molar-refractivity contribution is 0.0952. The molecule has 1 heterocycles. The molecule has 76 valence electrons. The van der Waals surface area contributed by atoms with Crippen molar-refractivity contribution in [2.75, 3.05) is 11.0 Å². The number of hydrogen-bond donors (Lipinski definition) is 1. The number of nitrogens with zero attached hydrogens (tertiary/aromatic N) is 2. The van der Waals surface area contributed by atoms with E-state index in [4.69, 9.17) is 0 Å². The molecule has 5 heteroatoms. The predicted octanol–water partition coefficient (Wildman–Crippen LogP) is 1.42. The average molecular weight is 305 g/mol. The molecule has 0 bridgehead atoms. The van der Waals surface area contributed by atoms with E-state index < -0.39 is 0 Å². The van der Waals surface area contributed by atoms with Crippen molar-refractivity contribution in [1.29, 1.82) is 0 Å². The summed E-state index contributed by atoms with van der Waals surface area (Å²) < 4.78 is 1.13. The van der Waals surface area contributed by atoms with Gasteiger partial charge in [0.15, 0.2) is 0 Å². The molecule has 0 unspecified atom stereocenters. The summed E-state index contributed by atoms with van der Waals surface area (Å²) in [5.74, 6) is -0.0981. The second kappa shape index (κ2) is 6.69. The zero-order valence-electron chi connectivity index (χ0n) is 7.74. The summed E-state index contributed by atoms with van der Waals surface area (Å²) in [6.07, 6.45) is 6.59. The zero-order valence-corrected chi connectivity index (χ0v) is 9.90. The van der Waals surface area contributed by atoms with Crippen LogP contribution in [0.15, 0.2) is 18.7 Å². The van der Waals surface area contributed by atoms with Gasteiger partial charge in [-0.25, -0.2) is 9.97 Å². The fourth-order valence-corrected chi connectivity index (χ4v) is 1.48. The van der Waals surface area contributed by atoms with Crippen LogP contribution in [-0.4, -0.2) is 26.8 Å². The maximum Gasteiger partial charge on any atom is 0.254 e. The van der Waals surface area contributed by atoms with Crippen LogP contribution in [0.1, 0.15) is 23.2 Å². The van der Waals surface area contributed by atoms with E-state index in [0.29, 0.717) is 5.56 Å². The van der Waals surface area contributed by atoms with Gasteiger partial charge < -0.3 is 5.32 Å². The van der Waals surface area contributed by atoms with Crippen molar-refractivity contribution < 1.29 is 4.79 Å². The van der Waals surface area contributed by atoms with E-state index in [0.717, 1.165) is 23.8 Å². The highest BCUT2D eigenvalue weighted by Gasteiger charge is 2.03. The van der Waals surface area contributed by atoms with Crippen LogP contribution < -0.4 is 5.32 Å². The van der Waals surface area contributed by atoms with Gasteiger partial charge in [-0.1, -0.05) is 22.6 Å². The number of unbranched alkanes of at least 4 members (excludes halogenated alkanes) is 1.